The zero-order valence-corrected chi connectivity index (χ0v) is 11.5. The maximum absolute atomic E-state index is 5.63. The smallest absolute Gasteiger partial charge is 0.123 e. The number of ether oxygens (including phenoxy) is 1. The van der Waals surface area contributed by atoms with Crippen LogP contribution in [0.3, 0.4) is 0 Å². The van der Waals surface area contributed by atoms with Crippen molar-refractivity contribution in [3.05, 3.63) is 29.8 Å². The van der Waals surface area contributed by atoms with Crippen molar-refractivity contribution in [2.75, 3.05) is 13.2 Å². The largest absolute Gasteiger partial charge is 0.494 e. The molecule has 2 nitrogen and oxygen atoms in total. The Morgan fingerprint density at radius 2 is 2.00 bits per heavy atom. The first kappa shape index (κ1) is 13.4. The van der Waals surface area contributed by atoms with E-state index >= 15 is 0 Å². The maximum Gasteiger partial charge on any atom is 0.123 e. The molecule has 1 aliphatic carbocycles. The van der Waals surface area contributed by atoms with Crippen LogP contribution in [-0.4, -0.2) is 13.2 Å². The van der Waals surface area contributed by atoms with Gasteiger partial charge in [0.05, 0.1) is 6.61 Å². The number of nitrogens with one attached hydrogen (secondary N) is 1. The average molecular weight is 247 g/mol. The van der Waals surface area contributed by atoms with Crippen LogP contribution in [0, 0.1) is 5.92 Å². The Morgan fingerprint density at radius 3 is 2.78 bits per heavy atom. The van der Waals surface area contributed by atoms with Gasteiger partial charge in [0.2, 0.25) is 0 Å². The van der Waals surface area contributed by atoms with Crippen molar-refractivity contribution in [1.82, 2.24) is 5.32 Å². The van der Waals surface area contributed by atoms with Gasteiger partial charge in [-0.25, -0.2) is 0 Å². The van der Waals surface area contributed by atoms with E-state index in [0.29, 0.717) is 0 Å². The van der Waals surface area contributed by atoms with Gasteiger partial charge < -0.3 is 10.1 Å². The molecular formula is C16H25NO. The van der Waals surface area contributed by atoms with E-state index in [0.717, 1.165) is 31.4 Å². The number of rotatable bonds is 7. The first-order chi connectivity index (χ1) is 8.90. The molecule has 1 fully saturated rings. The summed E-state index contributed by atoms with van der Waals surface area (Å²) in [7, 11) is 0. The summed E-state index contributed by atoms with van der Waals surface area (Å²) < 4.78 is 5.63. The Bertz CT molecular complexity index is 345. The van der Waals surface area contributed by atoms with Gasteiger partial charge in [0, 0.05) is 12.1 Å². The molecule has 0 atom stereocenters. The zero-order valence-electron chi connectivity index (χ0n) is 11.5. The number of hydrogen-bond donors (Lipinski definition) is 1. The van der Waals surface area contributed by atoms with Crippen LogP contribution in [0.2, 0.25) is 0 Å². The molecule has 0 aliphatic heterocycles. The van der Waals surface area contributed by atoms with E-state index in [1.165, 1.54) is 37.7 Å². The number of para-hydroxylation sites is 1. The third-order valence-corrected chi connectivity index (χ3v) is 3.79. The second-order valence-corrected chi connectivity index (χ2v) is 5.16. The number of hydrogen-bond acceptors (Lipinski definition) is 2. The molecule has 1 saturated carbocycles. The fraction of sp³-hybridized carbons (Fsp3) is 0.625. The molecule has 0 amide bonds. The van der Waals surface area contributed by atoms with Gasteiger partial charge in [-0.3, -0.25) is 0 Å². The maximum atomic E-state index is 5.63. The summed E-state index contributed by atoms with van der Waals surface area (Å²) in [6.07, 6.45) is 7.10. The lowest BCUT2D eigenvalue weighted by molar-refractivity contribution is 0.335. The van der Waals surface area contributed by atoms with Crippen LogP contribution in [0.4, 0.5) is 0 Å². The number of benzene rings is 1. The Morgan fingerprint density at radius 1 is 1.22 bits per heavy atom. The Labute approximate surface area is 111 Å². The van der Waals surface area contributed by atoms with Crippen LogP contribution in [0.25, 0.3) is 0 Å². The van der Waals surface area contributed by atoms with Gasteiger partial charge in [0.25, 0.3) is 0 Å². The van der Waals surface area contributed by atoms with E-state index in [1.54, 1.807) is 0 Å². The third kappa shape index (κ3) is 4.02. The second kappa shape index (κ2) is 7.42. The van der Waals surface area contributed by atoms with Crippen LogP contribution in [0.15, 0.2) is 24.3 Å². The minimum absolute atomic E-state index is 0.735. The van der Waals surface area contributed by atoms with Crippen molar-refractivity contribution in [3.8, 4) is 5.75 Å². The Hall–Kier alpha value is -1.02. The molecule has 1 aliphatic rings. The van der Waals surface area contributed by atoms with Crippen LogP contribution in [0.1, 0.15) is 44.6 Å². The highest BCUT2D eigenvalue weighted by molar-refractivity contribution is 5.33. The van der Waals surface area contributed by atoms with Gasteiger partial charge in [0.1, 0.15) is 5.75 Å². The highest BCUT2D eigenvalue weighted by Gasteiger charge is 2.13. The molecule has 100 valence electrons. The van der Waals surface area contributed by atoms with Gasteiger partial charge in [-0.05, 0) is 31.9 Å². The fourth-order valence-corrected chi connectivity index (χ4v) is 2.77. The Kier molecular flexibility index (Phi) is 5.53. The van der Waals surface area contributed by atoms with E-state index < -0.39 is 0 Å². The minimum Gasteiger partial charge on any atom is -0.494 e. The van der Waals surface area contributed by atoms with E-state index in [2.05, 4.69) is 23.5 Å². The van der Waals surface area contributed by atoms with Gasteiger partial charge in [-0.2, -0.15) is 0 Å². The molecule has 1 aromatic rings. The average Bonchev–Trinajstić information content (AvgIpc) is 2.90. The zero-order chi connectivity index (χ0) is 12.6. The van der Waals surface area contributed by atoms with Gasteiger partial charge >= 0.3 is 0 Å². The minimum atomic E-state index is 0.735. The summed E-state index contributed by atoms with van der Waals surface area (Å²) in [6, 6.07) is 8.31. The predicted molar refractivity (Wildman–Crippen MR) is 75.9 cm³/mol. The lowest BCUT2D eigenvalue weighted by Crippen LogP contribution is -2.17. The van der Waals surface area contributed by atoms with Crippen molar-refractivity contribution in [1.29, 1.82) is 0 Å². The first-order valence-electron chi connectivity index (χ1n) is 7.31. The Balaban J connectivity index is 1.72. The van der Waals surface area contributed by atoms with Crippen molar-refractivity contribution in [2.24, 2.45) is 5.92 Å². The van der Waals surface area contributed by atoms with E-state index in [4.69, 9.17) is 4.74 Å². The van der Waals surface area contributed by atoms with E-state index in [1.807, 2.05) is 13.0 Å². The second-order valence-electron chi connectivity index (χ2n) is 5.16. The summed E-state index contributed by atoms with van der Waals surface area (Å²) in [5, 5.41) is 3.55. The first-order valence-corrected chi connectivity index (χ1v) is 7.31. The predicted octanol–water partition coefficient (Wildman–Crippen LogP) is 3.76. The SMILES string of the molecule is CCOc1ccccc1CNCCC1CCCC1. The molecule has 0 radical (unpaired) electrons. The summed E-state index contributed by atoms with van der Waals surface area (Å²) in [5.74, 6) is 1.99. The van der Waals surface area contributed by atoms with Crippen molar-refractivity contribution in [3.63, 3.8) is 0 Å². The van der Waals surface area contributed by atoms with Gasteiger partial charge in [-0.15, -0.1) is 0 Å². The van der Waals surface area contributed by atoms with Crippen LogP contribution < -0.4 is 10.1 Å². The third-order valence-electron chi connectivity index (χ3n) is 3.79. The van der Waals surface area contributed by atoms with Crippen molar-refractivity contribution in [2.45, 2.75) is 45.6 Å². The van der Waals surface area contributed by atoms with Gasteiger partial charge in [0.15, 0.2) is 0 Å². The topological polar surface area (TPSA) is 21.3 Å². The fourth-order valence-electron chi connectivity index (χ4n) is 2.77. The van der Waals surface area contributed by atoms with Crippen molar-refractivity contribution < 1.29 is 4.74 Å². The summed E-state index contributed by atoms with van der Waals surface area (Å²) >= 11 is 0. The molecule has 0 saturated heterocycles. The molecule has 0 spiro atoms. The summed E-state index contributed by atoms with van der Waals surface area (Å²) in [5.41, 5.74) is 1.27. The molecule has 0 heterocycles. The highest BCUT2D eigenvalue weighted by Crippen LogP contribution is 2.27. The van der Waals surface area contributed by atoms with Crippen LogP contribution in [-0.2, 0) is 6.54 Å². The quantitative estimate of drug-likeness (QED) is 0.741. The standard InChI is InChI=1S/C16H25NO/c1-2-18-16-10-6-5-9-15(16)13-17-12-11-14-7-3-4-8-14/h5-6,9-10,14,17H,2-4,7-8,11-13H2,1H3. The lowest BCUT2D eigenvalue weighted by Gasteiger charge is -2.12. The van der Waals surface area contributed by atoms with Crippen LogP contribution in [0.5, 0.6) is 5.75 Å². The molecule has 0 bridgehead atoms. The van der Waals surface area contributed by atoms with Gasteiger partial charge in [-0.1, -0.05) is 43.9 Å². The molecule has 0 aromatic heterocycles. The summed E-state index contributed by atoms with van der Waals surface area (Å²) in [4.78, 5) is 0. The van der Waals surface area contributed by atoms with Crippen LogP contribution >= 0.6 is 0 Å². The van der Waals surface area contributed by atoms with E-state index in [9.17, 15) is 0 Å². The lowest BCUT2D eigenvalue weighted by atomic mass is 10.0. The molecule has 2 heteroatoms. The normalized spacial score (nSPS) is 16.1. The molecule has 1 aromatic carbocycles. The monoisotopic (exact) mass is 247 g/mol. The molecule has 1 N–H and O–H groups in total. The molecule has 0 unspecified atom stereocenters. The molecule has 2 rings (SSSR count). The summed E-state index contributed by atoms with van der Waals surface area (Å²) in [6.45, 7) is 4.82. The van der Waals surface area contributed by atoms with E-state index in [-0.39, 0.29) is 0 Å². The highest BCUT2D eigenvalue weighted by atomic mass is 16.5. The molecular weight excluding hydrogens is 222 g/mol. The van der Waals surface area contributed by atoms with Crippen molar-refractivity contribution >= 4 is 0 Å². The molecule has 18 heavy (non-hydrogen) atoms.